The molecule has 1 heterocycles. The number of Topliss-reactive ketones (excluding diaryl/α,β-unsaturated/α-hetero) is 2. The molecule has 3 rings (SSSR count). The van der Waals surface area contributed by atoms with Gasteiger partial charge in [-0.15, -0.1) is 0 Å². The Kier molecular flexibility index (Phi) is 6.29. The Labute approximate surface area is 159 Å². The zero-order valence-electron chi connectivity index (χ0n) is 15.9. The molecule has 2 aromatic rings. The first-order valence-electron chi connectivity index (χ1n) is 9.38. The summed E-state index contributed by atoms with van der Waals surface area (Å²) in [6.07, 6.45) is 4.29. The normalized spacial score (nSPS) is 15.6. The zero-order valence-corrected chi connectivity index (χ0v) is 15.9. The molecule has 0 amide bonds. The third-order valence-corrected chi connectivity index (χ3v) is 4.52. The van der Waals surface area contributed by atoms with E-state index >= 15 is 0 Å². The molecule has 27 heavy (non-hydrogen) atoms. The number of carbonyl (C=O) groups excluding carboxylic acids is 2. The molecule has 6 heteroatoms. The Morgan fingerprint density at radius 2 is 1.81 bits per heavy atom. The van der Waals surface area contributed by atoms with E-state index in [0.29, 0.717) is 12.4 Å². The number of fused-ring (bicyclic) bond motifs is 1. The lowest BCUT2D eigenvalue weighted by molar-refractivity contribution is 0.0949. The fraction of sp³-hybridized carbons (Fsp3) is 0.429. The lowest BCUT2D eigenvalue weighted by Crippen LogP contribution is -2.26. The number of rotatable bonds is 8. The molecule has 0 saturated carbocycles. The number of carbonyl (C=O) groups is 2. The predicted molar refractivity (Wildman–Crippen MR) is 105 cm³/mol. The van der Waals surface area contributed by atoms with E-state index < -0.39 is 0 Å². The monoisotopic (exact) mass is 367 g/mol. The van der Waals surface area contributed by atoms with Gasteiger partial charge in [0.15, 0.2) is 11.5 Å². The maximum Gasteiger partial charge on any atom is 0.244 e. The molecule has 0 atom stereocenters. The van der Waals surface area contributed by atoms with Crippen LogP contribution in [0.5, 0.6) is 0 Å². The molecule has 0 fully saturated rings. The van der Waals surface area contributed by atoms with Crippen molar-refractivity contribution in [2.45, 2.75) is 32.1 Å². The molecule has 0 spiro atoms. The van der Waals surface area contributed by atoms with Crippen LogP contribution in [0, 0.1) is 0 Å². The van der Waals surface area contributed by atoms with E-state index in [9.17, 15) is 9.59 Å². The number of unbranched alkanes of at least 4 members (excludes halogenated alkanes) is 3. The van der Waals surface area contributed by atoms with E-state index in [1.165, 1.54) is 0 Å². The molecular formula is C21H25N3O3. The summed E-state index contributed by atoms with van der Waals surface area (Å²) in [6, 6.07) is 9.25. The molecular weight excluding hydrogens is 342 g/mol. The molecule has 0 aliphatic heterocycles. The molecule has 1 aromatic carbocycles. The summed E-state index contributed by atoms with van der Waals surface area (Å²) >= 11 is 0. The predicted octanol–water partition coefficient (Wildman–Crippen LogP) is 3.67. The van der Waals surface area contributed by atoms with Gasteiger partial charge < -0.3 is 9.32 Å². The van der Waals surface area contributed by atoms with Gasteiger partial charge in [0.25, 0.3) is 0 Å². The Morgan fingerprint density at radius 3 is 2.56 bits per heavy atom. The minimum Gasteiger partial charge on any atom is -0.432 e. The number of aromatic nitrogens is 1. The van der Waals surface area contributed by atoms with Crippen LogP contribution < -0.4 is 0 Å². The van der Waals surface area contributed by atoms with Crippen LogP contribution in [0.4, 0.5) is 0 Å². The van der Waals surface area contributed by atoms with Crippen molar-refractivity contribution in [1.82, 2.24) is 9.88 Å². The first-order valence-corrected chi connectivity index (χ1v) is 9.38. The second-order valence-corrected chi connectivity index (χ2v) is 7.04. The van der Waals surface area contributed by atoms with Gasteiger partial charge >= 0.3 is 0 Å². The van der Waals surface area contributed by atoms with Crippen LogP contribution in [0.1, 0.15) is 53.1 Å². The number of benzene rings is 1. The first-order chi connectivity index (χ1) is 13.1. The fourth-order valence-electron chi connectivity index (χ4n) is 3.05. The maximum atomic E-state index is 12.6. The number of hydrogen-bond acceptors (Lipinski definition) is 6. The highest BCUT2D eigenvalue weighted by Gasteiger charge is 2.35. The van der Waals surface area contributed by atoms with Crippen LogP contribution in [-0.2, 0) is 0 Å². The van der Waals surface area contributed by atoms with Crippen LogP contribution in [0.3, 0.4) is 0 Å². The van der Waals surface area contributed by atoms with Gasteiger partial charge in [0, 0.05) is 12.1 Å². The highest BCUT2D eigenvalue weighted by molar-refractivity contribution is 6.51. The Balaban J connectivity index is 1.62. The van der Waals surface area contributed by atoms with Crippen molar-refractivity contribution in [3.05, 3.63) is 41.8 Å². The number of hydrogen-bond donors (Lipinski definition) is 0. The Morgan fingerprint density at radius 1 is 1.07 bits per heavy atom. The van der Waals surface area contributed by atoms with Crippen LogP contribution in [-0.4, -0.2) is 54.3 Å². The second kappa shape index (κ2) is 8.86. The lowest BCUT2D eigenvalue weighted by Gasteiger charge is -2.10. The van der Waals surface area contributed by atoms with Gasteiger partial charge in [-0.05, 0) is 45.6 Å². The second-order valence-electron chi connectivity index (χ2n) is 7.04. The average molecular weight is 367 g/mol. The van der Waals surface area contributed by atoms with Gasteiger partial charge in [-0.1, -0.05) is 31.0 Å². The minimum atomic E-state index is -0.313. The molecule has 0 bridgehead atoms. The highest BCUT2D eigenvalue weighted by atomic mass is 16.4. The van der Waals surface area contributed by atoms with E-state index in [1.54, 1.807) is 0 Å². The van der Waals surface area contributed by atoms with Crippen LogP contribution >= 0.6 is 0 Å². The van der Waals surface area contributed by atoms with Crippen molar-refractivity contribution in [1.29, 1.82) is 0 Å². The summed E-state index contributed by atoms with van der Waals surface area (Å²) in [4.78, 5) is 35.8. The summed E-state index contributed by atoms with van der Waals surface area (Å²) in [5.74, 6) is -0.202. The highest BCUT2D eigenvalue weighted by Crippen LogP contribution is 2.26. The summed E-state index contributed by atoms with van der Waals surface area (Å²) in [6.45, 7) is 1.64. The summed E-state index contributed by atoms with van der Waals surface area (Å²) in [5, 5.41) is 0. The van der Waals surface area contributed by atoms with Gasteiger partial charge in [-0.25, -0.2) is 4.98 Å². The molecule has 0 saturated heterocycles. The van der Waals surface area contributed by atoms with Crippen LogP contribution in [0.25, 0.3) is 11.5 Å². The summed E-state index contributed by atoms with van der Waals surface area (Å²) < 4.78 is 5.62. The largest absolute Gasteiger partial charge is 0.432 e. The van der Waals surface area contributed by atoms with Gasteiger partial charge in [-0.3, -0.25) is 14.6 Å². The average Bonchev–Trinajstić information content (AvgIpc) is 3.11. The van der Waals surface area contributed by atoms with E-state index in [2.05, 4.69) is 29.0 Å². The van der Waals surface area contributed by atoms with Crippen molar-refractivity contribution in [2.75, 3.05) is 27.2 Å². The van der Waals surface area contributed by atoms with Gasteiger partial charge in [0.05, 0.1) is 12.1 Å². The van der Waals surface area contributed by atoms with E-state index in [0.717, 1.165) is 37.8 Å². The molecule has 142 valence electrons. The summed E-state index contributed by atoms with van der Waals surface area (Å²) in [5.41, 5.74) is 1.15. The smallest absolute Gasteiger partial charge is 0.244 e. The van der Waals surface area contributed by atoms with Gasteiger partial charge in [0.2, 0.25) is 17.4 Å². The van der Waals surface area contributed by atoms with Crippen molar-refractivity contribution >= 4 is 17.3 Å². The van der Waals surface area contributed by atoms with E-state index in [1.807, 2.05) is 30.3 Å². The van der Waals surface area contributed by atoms with Crippen molar-refractivity contribution in [2.24, 2.45) is 4.99 Å². The number of oxazole rings is 1. The molecule has 1 aliphatic carbocycles. The van der Waals surface area contributed by atoms with E-state index in [-0.39, 0.29) is 35.2 Å². The lowest BCUT2D eigenvalue weighted by atomic mass is 9.97. The summed E-state index contributed by atoms with van der Waals surface area (Å²) in [7, 11) is 4.14. The van der Waals surface area contributed by atoms with Crippen LogP contribution in [0.2, 0.25) is 0 Å². The standard InChI is InChI=1S/C21H25N3O3/c1-24(2)13-9-4-3-8-12-22-16-14-17(25)18-20(19(16)26)27-21(23-18)15-10-6-5-7-11-15/h5-7,10-11H,3-4,8-9,12-14H2,1-2H3. The third-order valence-electron chi connectivity index (χ3n) is 4.52. The van der Waals surface area contributed by atoms with Crippen molar-refractivity contribution < 1.29 is 14.0 Å². The fourth-order valence-corrected chi connectivity index (χ4v) is 3.05. The minimum absolute atomic E-state index is 0.00717. The molecule has 0 radical (unpaired) electrons. The molecule has 0 unspecified atom stereocenters. The molecule has 1 aliphatic rings. The number of nitrogens with zero attached hydrogens (tertiary/aromatic N) is 3. The molecule has 6 nitrogen and oxygen atoms in total. The van der Waals surface area contributed by atoms with Crippen LogP contribution in [0.15, 0.2) is 39.7 Å². The zero-order chi connectivity index (χ0) is 19.2. The van der Waals surface area contributed by atoms with Crippen molar-refractivity contribution in [3.8, 4) is 11.5 Å². The van der Waals surface area contributed by atoms with Crippen molar-refractivity contribution in [3.63, 3.8) is 0 Å². The number of ketones is 2. The van der Waals surface area contributed by atoms with Gasteiger partial charge in [0.1, 0.15) is 0 Å². The Bertz CT molecular complexity index is 838. The Hall–Kier alpha value is -2.60. The molecule has 1 aromatic heterocycles. The maximum absolute atomic E-state index is 12.6. The van der Waals surface area contributed by atoms with E-state index in [4.69, 9.17) is 4.42 Å². The quantitative estimate of drug-likeness (QED) is 0.665. The molecule has 0 N–H and O–H groups in total. The third kappa shape index (κ3) is 4.77. The number of aliphatic imine (C=N–C) groups is 1. The SMILES string of the molecule is CN(C)CCCCCCN=C1CC(=O)c2nc(-c3ccccc3)oc2C1=O. The topological polar surface area (TPSA) is 75.8 Å². The van der Waals surface area contributed by atoms with Gasteiger partial charge in [-0.2, -0.15) is 0 Å². The first kappa shape index (κ1) is 19.2.